The average Bonchev–Trinajstić information content (AvgIpc) is 2.80. The lowest BCUT2D eigenvalue weighted by Crippen LogP contribution is -2.41. The quantitative estimate of drug-likeness (QED) is 0.778. The molecule has 0 aromatic carbocycles. The molecule has 1 aromatic heterocycles. The predicted molar refractivity (Wildman–Crippen MR) is 76.9 cm³/mol. The molecule has 6 nitrogen and oxygen atoms in total. The van der Waals surface area contributed by atoms with Gasteiger partial charge >= 0.3 is 5.97 Å². The van der Waals surface area contributed by atoms with E-state index in [1.54, 1.807) is 5.38 Å². The molecule has 1 aromatic rings. The number of rotatable bonds is 7. The van der Waals surface area contributed by atoms with E-state index < -0.39 is 27.8 Å². The van der Waals surface area contributed by atoms with Gasteiger partial charge in [-0.05, 0) is 29.9 Å². The van der Waals surface area contributed by atoms with E-state index in [1.165, 1.54) is 11.3 Å². The lowest BCUT2D eigenvalue weighted by molar-refractivity contribution is -0.139. The summed E-state index contributed by atoms with van der Waals surface area (Å²) in [6, 6.07) is 0.607. The first-order valence-corrected chi connectivity index (χ1v) is 8.96. The minimum atomic E-state index is -3.27. The molecule has 0 saturated heterocycles. The van der Waals surface area contributed by atoms with Crippen molar-refractivity contribution in [2.75, 3.05) is 12.0 Å². The standard InChI is InChI=1S/C12H17NO5S2/c1-3-8-4-6-19-10(8)11(14)13-9(12(15)16)5-7-20(2,17)18/h4,6,9H,3,5,7H2,1-2H3,(H,13,14)(H,15,16). The van der Waals surface area contributed by atoms with Gasteiger partial charge in [0.05, 0.1) is 10.6 Å². The zero-order valence-electron chi connectivity index (χ0n) is 11.3. The zero-order chi connectivity index (χ0) is 15.3. The third-order valence-corrected chi connectivity index (χ3v) is 4.65. The molecule has 0 bridgehead atoms. The summed E-state index contributed by atoms with van der Waals surface area (Å²) in [6.45, 7) is 1.90. The Morgan fingerprint density at radius 1 is 1.45 bits per heavy atom. The van der Waals surface area contributed by atoms with Crippen LogP contribution in [-0.2, 0) is 21.1 Å². The van der Waals surface area contributed by atoms with Gasteiger partial charge in [-0.3, -0.25) is 4.79 Å². The van der Waals surface area contributed by atoms with Crippen LogP contribution in [0, 0.1) is 0 Å². The molecule has 1 atom stereocenters. The van der Waals surface area contributed by atoms with Gasteiger partial charge in [-0.15, -0.1) is 11.3 Å². The van der Waals surface area contributed by atoms with Crippen molar-refractivity contribution in [2.45, 2.75) is 25.8 Å². The van der Waals surface area contributed by atoms with Gasteiger partial charge in [0, 0.05) is 6.26 Å². The fourth-order valence-electron chi connectivity index (χ4n) is 1.63. The molecular weight excluding hydrogens is 302 g/mol. The number of carbonyl (C=O) groups excluding carboxylic acids is 1. The van der Waals surface area contributed by atoms with E-state index in [0.29, 0.717) is 11.3 Å². The molecule has 0 fully saturated rings. The first-order valence-electron chi connectivity index (χ1n) is 6.02. The van der Waals surface area contributed by atoms with Crippen LogP contribution in [-0.4, -0.2) is 43.5 Å². The van der Waals surface area contributed by atoms with Crippen molar-refractivity contribution in [3.63, 3.8) is 0 Å². The second-order valence-electron chi connectivity index (χ2n) is 4.41. The van der Waals surface area contributed by atoms with Crippen molar-refractivity contribution in [3.05, 3.63) is 21.9 Å². The molecule has 1 heterocycles. The number of carboxylic acids is 1. The first-order chi connectivity index (χ1) is 9.24. The molecule has 0 aliphatic rings. The van der Waals surface area contributed by atoms with Crippen molar-refractivity contribution < 1.29 is 23.1 Å². The van der Waals surface area contributed by atoms with Crippen LogP contribution < -0.4 is 5.32 Å². The highest BCUT2D eigenvalue weighted by molar-refractivity contribution is 7.90. The Balaban J connectivity index is 2.76. The topological polar surface area (TPSA) is 101 Å². The molecule has 0 aliphatic carbocycles. The minimum Gasteiger partial charge on any atom is -0.480 e. The molecule has 8 heteroatoms. The van der Waals surface area contributed by atoms with Crippen molar-refractivity contribution >= 4 is 33.1 Å². The van der Waals surface area contributed by atoms with E-state index in [-0.39, 0.29) is 12.2 Å². The summed E-state index contributed by atoms with van der Waals surface area (Å²) in [5.41, 5.74) is 0.847. The van der Waals surface area contributed by atoms with Crippen molar-refractivity contribution in [2.24, 2.45) is 0 Å². The number of carboxylic acid groups (broad SMARTS) is 1. The summed E-state index contributed by atoms with van der Waals surface area (Å²) < 4.78 is 22.1. The molecular formula is C12H17NO5S2. The number of hydrogen-bond acceptors (Lipinski definition) is 5. The second kappa shape index (κ2) is 6.85. The van der Waals surface area contributed by atoms with Crippen LogP contribution in [0.4, 0.5) is 0 Å². The molecule has 0 aliphatic heterocycles. The highest BCUT2D eigenvalue weighted by atomic mass is 32.2. The van der Waals surface area contributed by atoms with Crippen molar-refractivity contribution in [3.8, 4) is 0 Å². The Morgan fingerprint density at radius 3 is 2.60 bits per heavy atom. The van der Waals surface area contributed by atoms with Crippen molar-refractivity contribution in [1.82, 2.24) is 5.32 Å². The van der Waals surface area contributed by atoms with Crippen LogP contribution in [0.25, 0.3) is 0 Å². The van der Waals surface area contributed by atoms with Crippen LogP contribution in [0.1, 0.15) is 28.6 Å². The van der Waals surface area contributed by atoms with Crippen LogP contribution in [0.5, 0.6) is 0 Å². The minimum absolute atomic E-state index is 0.146. The molecule has 1 rings (SSSR count). The Hall–Kier alpha value is -1.41. The summed E-state index contributed by atoms with van der Waals surface area (Å²) in [5, 5.41) is 13.2. The Bertz CT molecular complexity index is 591. The molecule has 20 heavy (non-hydrogen) atoms. The number of sulfone groups is 1. The average molecular weight is 319 g/mol. The number of carbonyl (C=O) groups is 2. The van der Waals surface area contributed by atoms with Crippen molar-refractivity contribution in [1.29, 1.82) is 0 Å². The lowest BCUT2D eigenvalue weighted by atomic mass is 10.2. The molecule has 0 saturated carbocycles. The normalized spacial score (nSPS) is 12.9. The van der Waals surface area contributed by atoms with Crippen LogP contribution in [0.2, 0.25) is 0 Å². The molecule has 0 spiro atoms. The predicted octanol–water partition coefficient (Wildman–Crippen LogP) is 0.928. The van der Waals surface area contributed by atoms with Crippen LogP contribution >= 0.6 is 11.3 Å². The third-order valence-electron chi connectivity index (χ3n) is 2.71. The number of hydrogen-bond donors (Lipinski definition) is 2. The summed E-state index contributed by atoms with van der Waals surface area (Å²) in [4.78, 5) is 23.6. The Morgan fingerprint density at radius 2 is 2.10 bits per heavy atom. The van der Waals surface area contributed by atoms with E-state index in [1.807, 2.05) is 13.0 Å². The van der Waals surface area contributed by atoms with E-state index in [9.17, 15) is 18.0 Å². The first kappa shape index (κ1) is 16.6. The summed E-state index contributed by atoms with van der Waals surface area (Å²) >= 11 is 1.24. The number of thiophene rings is 1. The maximum atomic E-state index is 12.0. The van der Waals surface area contributed by atoms with Gasteiger partial charge in [-0.25, -0.2) is 13.2 Å². The van der Waals surface area contributed by atoms with Crippen LogP contribution in [0.3, 0.4) is 0 Å². The van der Waals surface area contributed by atoms with Crippen LogP contribution in [0.15, 0.2) is 11.4 Å². The van der Waals surface area contributed by atoms with Gasteiger partial charge in [0.1, 0.15) is 15.9 Å². The fraction of sp³-hybridized carbons (Fsp3) is 0.500. The molecule has 1 unspecified atom stereocenters. The largest absolute Gasteiger partial charge is 0.480 e. The number of amides is 1. The zero-order valence-corrected chi connectivity index (χ0v) is 12.9. The maximum Gasteiger partial charge on any atom is 0.326 e. The van der Waals surface area contributed by atoms with Gasteiger partial charge in [-0.2, -0.15) is 0 Å². The third kappa shape index (κ3) is 4.93. The molecule has 0 radical (unpaired) electrons. The van der Waals surface area contributed by atoms with E-state index >= 15 is 0 Å². The molecule has 2 N–H and O–H groups in total. The summed E-state index contributed by atoms with van der Waals surface area (Å²) in [6.07, 6.45) is 1.56. The smallest absolute Gasteiger partial charge is 0.326 e. The van der Waals surface area contributed by atoms with Gasteiger partial charge in [0.15, 0.2) is 0 Å². The monoisotopic (exact) mass is 319 g/mol. The van der Waals surface area contributed by atoms with E-state index in [4.69, 9.17) is 5.11 Å². The highest BCUT2D eigenvalue weighted by Gasteiger charge is 2.23. The fourth-order valence-corrected chi connectivity index (χ4v) is 3.19. The second-order valence-corrected chi connectivity index (χ2v) is 7.59. The number of aryl methyl sites for hydroxylation is 1. The van der Waals surface area contributed by atoms with Gasteiger partial charge in [0.25, 0.3) is 5.91 Å². The summed E-state index contributed by atoms with van der Waals surface area (Å²) in [5.74, 6) is -2.00. The number of nitrogens with one attached hydrogen (secondary N) is 1. The Labute approximate surface area is 121 Å². The maximum absolute atomic E-state index is 12.0. The Kier molecular flexibility index (Phi) is 5.70. The van der Waals surface area contributed by atoms with Gasteiger partial charge in [0.2, 0.25) is 0 Å². The molecule has 1 amide bonds. The summed E-state index contributed by atoms with van der Waals surface area (Å²) in [7, 11) is -3.27. The lowest BCUT2D eigenvalue weighted by Gasteiger charge is -2.14. The van der Waals surface area contributed by atoms with E-state index in [2.05, 4.69) is 5.32 Å². The SMILES string of the molecule is CCc1ccsc1C(=O)NC(CCS(C)(=O)=O)C(=O)O. The van der Waals surface area contributed by atoms with Gasteiger partial charge < -0.3 is 10.4 Å². The molecule has 112 valence electrons. The van der Waals surface area contributed by atoms with E-state index in [0.717, 1.165) is 11.8 Å². The highest BCUT2D eigenvalue weighted by Crippen LogP contribution is 2.17. The van der Waals surface area contributed by atoms with Gasteiger partial charge in [-0.1, -0.05) is 6.92 Å². The number of aliphatic carboxylic acids is 1.